The van der Waals surface area contributed by atoms with Gasteiger partial charge in [0.2, 0.25) is 5.89 Å². The number of halogens is 1. The van der Waals surface area contributed by atoms with Crippen LogP contribution >= 0.6 is 0 Å². The van der Waals surface area contributed by atoms with Gasteiger partial charge in [-0.05, 0) is 42.3 Å². The van der Waals surface area contributed by atoms with Crippen LogP contribution in [-0.4, -0.2) is 34.8 Å². The highest BCUT2D eigenvalue weighted by Gasteiger charge is 2.25. The summed E-state index contributed by atoms with van der Waals surface area (Å²) in [6.07, 6.45) is 0.746. The van der Waals surface area contributed by atoms with E-state index in [-0.39, 0.29) is 11.8 Å². The Kier molecular flexibility index (Phi) is 4.94. The Labute approximate surface area is 164 Å². The highest BCUT2D eigenvalue weighted by atomic mass is 19.1. The van der Waals surface area contributed by atoms with Crippen molar-refractivity contribution in [3.63, 3.8) is 0 Å². The Morgan fingerprint density at radius 1 is 1.14 bits per heavy atom. The van der Waals surface area contributed by atoms with Crippen LogP contribution in [0.15, 0.2) is 57.7 Å². The van der Waals surface area contributed by atoms with E-state index in [4.69, 9.17) is 9.15 Å². The second-order valence-electron chi connectivity index (χ2n) is 6.42. The third kappa shape index (κ3) is 3.93. The van der Waals surface area contributed by atoms with E-state index in [1.54, 1.807) is 4.90 Å². The SMILES string of the molecule is O=C(Cn1nc(-c2ccc(F)cc2)oc1=O)OCC(=O)N1CCc2ccccc21. The molecular weight excluding hydrogens is 381 g/mol. The summed E-state index contributed by atoms with van der Waals surface area (Å²) in [5.74, 6) is -2.49. The van der Waals surface area contributed by atoms with Crippen LogP contribution in [-0.2, 0) is 27.3 Å². The van der Waals surface area contributed by atoms with E-state index in [2.05, 4.69) is 5.10 Å². The molecule has 1 aliphatic rings. The summed E-state index contributed by atoms with van der Waals surface area (Å²) >= 11 is 0. The van der Waals surface area contributed by atoms with E-state index in [0.29, 0.717) is 12.1 Å². The average Bonchev–Trinajstić information content (AvgIpc) is 3.31. The smallest absolute Gasteiger partial charge is 0.437 e. The van der Waals surface area contributed by atoms with Gasteiger partial charge in [-0.1, -0.05) is 18.2 Å². The first-order valence-electron chi connectivity index (χ1n) is 8.89. The fourth-order valence-corrected chi connectivity index (χ4v) is 3.10. The number of ether oxygens (including phenoxy) is 1. The van der Waals surface area contributed by atoms with Gasteiger partial charge >= 0.3 is 11.7 Å². The Morgan fingerprint density at radius 3 is 2.69 bits per heavy atom. The van der Waals surface area contributed by atoms with Gasteiger partial charge in [0.15, 0.2) is 6.61 Å². The highest BCUT2D eigenvalue weighted by Crippen LogP contribution is 2.27. The number of aromatic nitrogens is 2. The first kappa shape index (κ1) is 18.6. The third-order valence-corrected chi connectivity index (χ3v) is 4.52. The molecule has 1 aromatic heterocycles. The van der Waals surface area contributed by atoms with E-state index < -0.39 is 30.7 Å². The second-order valence-corrected chi connectivity index (χ2v) is 6.42. The minimum Gasteiger partial charge on any atom is -0.454 e. The molecular formula is C20H16FN3O5. The Balaban J connectivity index is 1.36. The van der Waals surface area contributed by atoms with Crippen LogP contribution in [0.25, 0.3) is 11.5 Å². The Morgan fingerprint density at radius 2 is 1.90 bits per heavy atom. The van der Waals surface area contributed by atoms with E-state index >= 15 is 0 Å². The van der Waals surface area contributed by atoms with Crippen LogP contribution < -0.4 is 10.7 Å². The fourth-order valence-electron chi connectivity index (χ4n) is 3.10. The van der Waals surface area contributed by atoms with Gasteiger partial charge in [-0.3, -0.25) is 9.59 Å². The van der Waals surface area contributed by atoms with Crippen LogP contribution in [0.5, 0.6) is 0 Å². The molecule has 0 saturated carbocycles. The first-order valence-corrected chi connectivity index (χ1v) is 8.89. The van der Waals surface area contributed by atoms with Gasteiger partial charge in [-0.15, -0.1) is 5.10 Å². The monoisotopic (exact) mass is 397 g/mol. The summed E-state index contributed by atoms with van der Waals surface area (Å²) < 4.78 is 23.8. The van der Waals surface area contributed by atoms with E-state index in [1.165, 1.54) is 24.3 Å². The maximum absolute atomic E-state index is 13.0. The van der Waals surface area contributed by atoms with Crippen molar-refractivity contribution < 1.29 is 23.1 Å². The number of anilines is 1. The quantitative estimate of drug-likeness (QED) is 0.609. The molecule has 148 valence electrons. The average molecular weight is 397 g/mol. The van der Waals surface area contributed by atoms with Crippen molar-refractivity contribution in [1.29, 1.82) is 0 Å². The molecule has 1 aliphatic heterocycles. The molecule has 8 nitrogen and oxygen atoms in total. The lowest BCUT2D eigenvalue weighted by molar-refractivity contribution is -0.148. The largest absolute Gasteiger partial charge is 0.454 e. The van der Waals surface area contributed by atoms with Crippen molar-refractivity contribution >= 4 is 17.6 Å². The fraction of sp³-hybridized carbons (Fsp3) is 0.200. The molecule has 0 N–H and O–H groups in total. The molecule has 0 aliphatic carbocycles. The summed E-state index contributed by atoms with van der Waals surface area (Å²) in [6.45, 7) is -0.419. The molecule has 0 saturated heterocycles. The van der Waals surface area contributed by atoms with Gasteiger partial charge in [-0.2, -0.15) is 4.68 Å². The van der Waals surface area contributed by atoms with Gasteiger partial charge in [0.1, 0.15) is 12.4 Å². The molecule has 2 aromatic carbocycles. The van der Waals surface area contributed by atoms with Gasteiger partial charge < -0.3 is 14.1 Å². The highest BCUT2D eigenvalue weighted by molar-refractivity contribution is 5.97. The Hall–Kier alpha value is -3.75. The van der Waals surface area contributed by atoms with Crippen molar-refractivity contribution in [3.8, 4) is 11.5 Å². The normalized spacial score (nSPS) is 12.7. The van der Waals surface area contributed by atoms with E-state index in [9.17, 15) is 18.8 Å². The first-order chi connectivity index (χ1) is 14.0. The summed E-state index contributed by atoms with van der Waals surface area (Å²) in [5.41, 5.74) is 2.26. The molecule has 3 aromatic rings. The van der Waals surface area contributed by atoms with Crippen LogP contribution in [0.4, 0.5) is 10.1 Å². The lowest BCUT2D eigenvalue weighted by atomic mass is 10.2. The number of esters is 1. The predicted octanol–water partition coefficient (Wildman–Crippen LogP) is 1.77. The molecule has 0 atom stereocenters. The van der Waals surface area contributed by atoms with Crippen LogP contribution in [0.2, 0.25) is 0 Å². The minimum atomic E-state index is -0.860. The number of carbonyl (C=O) groups excluding carboxylic acids is 2. The number of rotatable bonds is 5. The summed E-state index contributed by atoms with van der Waals surface area (Å²) in [6, 6.07) is 12.7. The molecule has 29 heavy (non-hydrogen) atoms. The van der Waals surface area contributed by atoms with Crippen molar-refractivity contribution in [1.82, 2.24) is 9.78 Å². The van der Waals surface area contributed by atoms with Gasteiger partial charge in [0.05, 0.1) is 0 Å². The van der Waals surface area contributed by atoms with Crippen molar-refractivity contribution in [2.75, 3.05) is 18.1 Å². The molecule has 0 fully saturated rings. The predicted molar refractivity (Wildman–Crippen MR) is 99.6 cm³/mol. The number of carbonyl (C=O) groups is 2. The molecule has 1 amide bonds. The molecule has 4 rings (SSSR count). The van der Waals surface area contributed by atoms with Gasteiger partial charge in [-0.25, -0.2) is 9.18 Å². The number of amides is 1. The lowest BCUT2D eigenvalue weighted by Gasteiger charge is -2.17. The maximum Gasteiger partial charge on any atom is 0.437 e. The van der Waals surface area contributed by atoms with Crippen molar-refractivity contribution in [2.24, 2.45) is 0 Å². The molecule has 9 heteroatoms. The number of hydrogen-bond acceptors (Lipinski definition) is 6. The van der Waals surface area contributed by atoms with Crippen LogP contribution in [0, 0.1) is 5.82 Å². The number of benzene rings is 2. The standard InChI is InChI=1S/C20H16FN3O5/c21-15-7-5-14(6-8-15)19-22-24(20(27)29-19)11-18(26)28-12-17(25)23-10-9-13-3-1-2-4-16(13)23/h1-8H,9-12H2. The van der Waals surface area contributed by atoms with Crippen molar-refractivity contribution in [3.05, 3.63) is 70.5 Å². The zero-order valence-corrected chi connectivity index (χ0v) is 15.2. The van der Waals surface area contributed by atoms with Crippen LogP contribution in [0.1, 0.15) is 5.56 Å². The summed E-state index contributed by atoms with van der Waals surface area (Å²) in [5, 5.41) is 3.90. The number of hydrogen-bond donors (Lipinski definition) is 0. The number of para-hydroxylation sites is 1. The lowest BCUT2D eigenvalue weighted by Crippen LogP contribution is -2.34. The third-order valence-electron chi connectivity index (χ3n) is 4.52. The summed E-state index contributed by atoms with van der Waals surface area (Å²) in [7, 11) is 0. The van der Waals surface area contributed by atoms with Crippen LogP contribution in [0.3, 0.4) is 0 Å². The summed E-state index contributed by atoms with van der Waals surface area (Å²) in [4.78, 5) is 37.8. The topological polar surface area (TPSA) is 94.6 Å². The van der Waals surface area contributed by atoms with Crippen molar-refractivity contribution in [2.45, 2.75) is 13.0 Å². The van der Waals surface area contributed by atoms with E-state index in [0.717, 1.165) is 22.4 Å². The molecule has 0 spiro atoms. The molecule has 0 radical (unpaired) electrons. The zero-order chi connectivity index (χ0) is 20.4. The number of fused-ring (bicyclic) bond motifs is 1. The van der Waals surface area contributed by atoms with Gasteiger partial charge in [0.25, 0.3) is 5.91 Å². The minimum absolute atomic E-state index is 0.0486. The number of nitrogens with zero attached hydrogens (tertiary/aromatic N) is 3. The van der Waals surface area contributed by atoms with Gasteiger partial charge in [0, 0.05) is 17.8 Å². The Bertz CT molecular complexity index is 1120. The molecule has 0 unspecified atom stereocenters. The molecule has 0 bridgehead atoms. The maximum atomic E-state index is 13.0. The second kappa shape index (κ2) is 7.70. The molecule has 2 heterocycles. The zero-order valence-electron chi connectivity index (χ0n) is 15.2. The van der Waals surface area contributed by atoms with E-state index in [1.807, 2.05) is 24.3 Å².